The minimum absolute atomic E-state index is 0.0722. The lowest BCUT2D eigenvalue weighted by molar-refractivity contribution is 0.582. The number of halogens is 1. The normalized spacial score (nSPS) is 12.4. The standard InChI is InChI=1S/C15H18BrN3/c1-3-6-19-15(14-10-17-7-8-18-14)12-9-11(2)4-5-13(12)16/h4-5,7-10,15,19H,3,6H2,1-2H3. The molecule has 0 amide bonds. The molecule has 2 aromatic rings. The van der Waals surface area contributed by atoms with Gasteiger partial charge in [0.15, 0.2) is 0 Å². The van der Waals surface area contributed by atoms with Crippen molar-refractivity contribution < 1.29 is 0 Å². The van der Waals surface area contributed by atoms with Gasteiger partial charge in [0.1, 0.15) is 0 Å². The maximum atomic E-state index is 4.43. The van der Waals surface area contributed by atoms with E-state index in [-0.39, 0.29) is 6.04 Å². The predicted molar refractivity (Wildman–Crippen MR) is 81.0 cm³/mol. The van der Waals surface area contributed by atoms with E-state index < -0.39 is 0 Å². The first kappa shape index (κ1) is 14.2. The molecule has 0 saturated carbocycles. The molecule has 1 atom stereocenters. The van der Waals surface area contributed by atoms with Crippen LogP contribution in [0.4, 0.5) is 0 Å². The summed E-state index contributed by atoms with van der Waals surface area (Å²) >= 11 is 3.63. The van der Waals surface area contributed by atoms with Gasteiger partial charge in [-0.2, -0.15) is 0 Å². The summed E-state index contributed by atoms with van der Waals surface area (Å²) in [6.07, 6.45) is 6.34. The van der Waals surface area contributed by atoms with Crippen molar-refractivity contribution in [3.05, 3.63) is 58.1 Å². The van der Waals surface area contributed by atoms with Crippen molar-refractivity contribution in [3.63, 3.8) is 0 Å². The minimum Gasteiger partial charge on any atom is -0.305 e. The van der Waals surface area contributed by atoms with Gasteiger partial charge in [0.25, 0.3) is 0 Å². The van der Waals surface area contributed by atoms with Crippen LogP contribution in [0.2, 0.25) is 0 Å². The zero-order chi connectivity index (χ0) is 13.7. The Morgan fingerprint density at radius 2 is 2.16 bits per heavy atom. The Morgan fingerprint density at radius 3 is 2.84 bits per heavy atom. The van der Waals surface area contributed by atoms with E-state index in [9.17, 15) is 0 Å². The van der Waals surface area contributed by atoms with Crippen LogP contribution in [-0.4, -0.2) is 16.5 Å². The summed E-state index contributed by atoms with van der Waals surface area (Å²) in [7, 11) is 0. The predicted octanol–water partition coefficient (Wildman–Crippen LogP) is 3.64. The molecule has 0 radical (unpaired) electrons. The van der Waals surface area contributed by atoms with Crippen LogP contribution in [0.15, 0.2) is 41.3 Å². The van der Waals surface area contributed by atoms with E-state index >= 15 is 0 Å². The van der Waals surface area contributed by atoms with Crippen LogP contribution in [-0.2, 0) is 0 Å². The molecule has 100 valence electrons. The van der Waals surface area contributed by atoms with Gasteiger partial charge in [0, 0.05) is 16.9 Å². The van der Waals surface area contributed by atoms with Crippen molar-refractivity contribution in [3.8, 4) is 0 Å². The third-order valence-electron chi connectivity index (χ3n) is 2.94. The van der Waals surface area contributed by atoms with E-state index in [2.05, 4.69) is 63.3 Å². The lowest BCUT2D eigenvalue weighted by Crippen LogP contribution is -2.24. The highest BCUT2D eigenvalue weighted by Gasteiger charge is 2.17. The van der Waals surface area contributed by atoms with Crippen molar-refractivity contribution in [2.24, 2.45) is 0 Å². The van der Waals surface area contributed by atoms with Gasteiger partial charge in [0.05, 0.1) is 17.9 Å². The van der Waals surface area contributed by atoms with Crippen molar-refractivity contribution in [1.82, 2.24) is 15.3 Å². The smallest absolute Gasteiger partial charge is 0.0801 e. The summed E-state index contributed by atoms with van der Waals surface area (Å²) < 4.78 is 1.09. The maximum Gasteiger partial charge on any atom is 0.0801 e. The Kier molecular flexibility index (Phi) is 5.05. The van der Waals surface area contributed by atoms with Gasteiger partial charge in [-0.3, -0.25) is 9.97 Å². The molecule has 1 unspecified atom stereocenters. The number of aromatic nitrogens is 2. The molecule has 2 rings (SSSR count). The molecule has 1 N–H and O–H groups in total. The van der Waals surface area contributed by atoms with Gasteiger partial charge < -0.3 is 5.32 Å². The third kappa shape index (κ3) is 3.61. The molecule has 0 aliphatic rings. The number of aryl methyl sites for hydroxylation is 1. The van der Waals surface area contributed by atoms with E-state index in [0.717, 1.165) is 23.1 Å². The highest BCUT2D eigenvalue weighted by atomic mass is 79.9. The summed E-state index contributed by atoms with van der Waals surface area (Å²) in [6, 6.07) is 6.44. The molecule has 0 fully saturated rings. The first-order valence-electron chi connectivity index (χ1n) is 6.47. The molecular formula is C15H18BrN3. The Hall–Kier alpha value is -1.26. The van der Waals surface area contributed by atoms with Crippen molar-refractivity contribution in [2.45, 2.75) is 26.3 Å². The lowest BCUT2D eigenvalue weighted by Gasteiger charge is -2.20. The second-order valence-corrected chi connectivity index (χ2v) is 5.40. The topological polar surface area (TPSA) is 37.8 Å². The minimum atomic E-state index is 0.0722. The molecule has 1 aromatic heterocycles. The van der Waals surface area contributed by atoms with Gasteiger partial charge in [-0.15, -0.1) is 0 Å². The average Bonchev–Trinajstić information content (AvgIpc) is 2.44. The summed E-state index contributed by atoms with van der Waals surface area (Å²) in [6.45, 7) is 5.21. The molecule has 4 heteroatoms. The number of hydrogen-bond donors (Lipinski definition) is 1. The Morgan fingerprint density at radius 1 is 1.32 bits per heavy atom. The van der Waals surface area contributed by atoms with Crippen molar-refractivity contribution in [1.29, 1.82) is 0 Å². The largest absolute Gasteiger partial charge is 0.305 e. The van der Waals surface area contributed by atoms with Crippen LogP contribution in [0.3, 0.4) is 0 Å². The highest BCUT2D eigenvalue weighted by Crippen LogP contribution is 2.28. The number of hydrogen-bond acceptors (Lipinski definition) is 3. The average molecular weight is 320 g/mol. The fourth-order valence-electron chi connectivity index (χ4n) is 2.01. The fourth-order valence-corrected chi connectivity index (χ4v) is 2.48. The lowest BCUT2D eigenvalue weighted by atomic mass is 10.0. The molecule has 19 heavy (non-hydrogen) atoms. The second-order valence-electron chi connectivity index (χ2n) is 4.54. The van der Waals surface area contributed by atoms with E-state index in [1.54, 1.807) is 12.4 Å². The molecular weight excluding hydrogens is 302 g/mol. The van der Waals surface area contributed by atoms with E-state index in [0.29, 0.717) is 0 Å². The Labute approximate surface area is 122 Å². The van der Waals surface area contributed by atoms with Crippen LogP contribution >= 0.6 is 15.9 Å². The van der Waals surface area contributed by atoms with Crippen LogP contribution in [0.5, 0.6) is 0 Å². The summed E-state index contributed by atoms with van der Waals surface area (Å²) in [5.74, 6) is 0. The van der Waals surface area contributed by atoms with Crippen molar-refractivity contribution >= 4 is 15.9 Å². The first-order valence-corrected chi connectivity index (χ1v) is 7.27. The van der Waals surface area contributed by atoms with E-state index in [1.165, 1.54) is 11.1 Å². The molecule has 0 bridgehead atoms. The molecule has 0 aliphatic heterocycles. The van der Waals surface area contributed by atoms with E-state index in [4.69, 9.17) is 0 Å². The molecule has 3 nitrogen and oxygen atoms in total. The van der Waals surface area contributed by atoms with Crippen molar-refractivity contribution in [2.75, 3.05) is 6.54 Å². The number of nitrogens with zero attached hydrogens (tertiary/aromatic N) is 2. The molecule has 0 aliphatic carbocycles. The summed E-state index contributed by atoms with van der Waals surface area (Å²) in [4.78, 5) is 8.61. The van der Waals surface area contributed by atoms with Gasteiger partial charge >= 0.3 is 0 Å². The fraction of sp³-hybridized carbons (Fsp3) is 0.333. The van der Waals surface area contributed by atoms with Crippen LogP contribution in [0.25, 0.3) is 0 Å². The summed E-state index contributed by atoms with van der Waals surface area (Å²) in [5, 5.41) is 3.54. The molecule has 1 aromatic carbocycles. The summed E-state index contributed by atoms with van der Waals surface area (Å²) in [5.41, 5.74) is 3.39. The van der Waals surface area contributed by atoms with Crippen LogP contribution in [0, 0.1) is 6.92 Å². The Balaban J connectivity index is 2.40. The zero-order valence-corrected chi connectivity index (χ0v) is 12.8. The first-order chi connectivity index (χ1) is 9.22. The number of benzene rings is 1. The highest BCUT2D eigenvalue weighted by molar-refractivity contribution is 9.10. The number of rotatable bonds is 5. The SMILES string of the molecule is CCCNC(c1cnccn1)c1cc(C)ccc1Br. The van der Waals surface area contributed by atoms with Gasteiger partial charge in [0.2, 0.25) is 0 Å². The van der Waals surface area contributed by atoms with Gasteiger partial charge in [-0.25, -0.2) is 0 Å². The Bertz CT molecular complexity index is 528. The van der Waals surface area contributed by atoms with Crippen LogP contribution in [0.1, 0.15) is 36.2 Å². The van der Waals surface area contributed by atoms with Crippen LogP contribution < -0.4 is 5.32 Å². The molecule has 0 spiro atoms. The third-order valence-corrected chi connectivity index (χ3v) is 3.66. The van der Waals surface area contributed by atoms with Gasteiger partial charge in [-0.1, -0.05) is 40.5 Å². The van der Waals surface area contributed by atoms with Gasteiger partial charge in [-0.05, 0) is 31.5 Å². The second kappa shape index (κ2) is 6.78. The monoisotopic (exact) mass is 319 g/mol. The maximum absolute atomic E-state index is 4.43. The quantitative estimate of drug-likeness (QED) is 0.914. The molecule has 0 saturated heterocycles. The zero-order valence-electron chi connectivity index (χ0n) is 11.2. The van der Waals surface area contributed by atoms with E-state index in [1.807, 2.05) is 6.20 Å². The number of nitrogens with one attached hydrogen (secondary N) is 1. The molecule has 1 heterocycles.